The topological polar surface area (TPSA) is 56.1 Å². The van der Waals surface area contributed by atoms with Gasteiger partial charge in [-0.1, -0.05) is 60.1 Å². The van der Waals surface area contributed by atoms with E-state index in [1.165, 1.54) is 4.68 Å². The van der Waals surface area contributed by atoms with Crippen molar-refractivity contribution in [1.29, 1.82) is 0 Å². The Bertz CT molecular complexity index is 883. The van der Waals surface area contributed by atoms with Crippen LogP contribution in [0.3, 0.4) is 0 Å². The lowest BCUT2D eigenvalue weighted by Gasteiger charge is -2.11. The van der Waals surface area contributed by atoms with Crippen LogP contribution in [-0.2, 0) is 6.54 Å². The van der Waals surface area contributed by atoms with Crippen molar-refractivity contribution < 1.29 is 4.74 Å². The van der Waals surface area contributed by atoms with Gasteiger partial charge < -0.3 is 10.1 Å². The van der Waals surface area contributed by atoms with E-state index in [1.54, 1.807) is 6.20 Å². The van der Waals surface area contributed by atoms with Crippen molar-refractivity contribution in [2.24, 2.45) is 0 Å². The Hall–Kier alpha value is -2.79. The quantitative estimate of drug-likeness (QED) is 0.613. The van der Waals surface area contributed by atoms with E-state index >= 15 is 0 Å². The molecule has 0 aliphatic rings. The lowest BCUT2D eigenvalue weighted by Crippen LogP contribution is -2.25. The number of nitrogens with one attached hydrogen (secondary N) is 1. The molecule has 0 spiro atoms. The SMILES string of the molecule is O=c1c(Cl)c(NCCCOc2ccccc2)cnn1Cc1ccccc1. The van der Waals surface area contributed by atoms with Crippen molar-refractivity contribution in [3.05, 3.63) is 87.8 Å². The maximum atomic E-state index is 12.4. The average Bonchev–Trinajstić information content (AvgIpc) is 2.68. The molecule has 1 N–H and O–H groups in total. The highest BCUT2D eigenvalue weighted by molar-refractivity contribution is 6.32. The van der Waals surface area contributed by atoms with Gasteiger partial charge in [0.15, 0.2) is 0 Å². The lowest BCUT2D eigenvalue weighted by atomic mass is 10.2. The van der Waals surface area contributed by atoms with Gasteiger partial charge in [-0.25, -0.2) is 4.68 Å². The maximum absolute atomic E-state index is 12.4. The Labute approximate surface area is 157 Å². The van der Waals surface area contributed by atoms with Crippen LogP contribution in [-0.4, -0.2) is 22.9 Å². The normalized spacial score (nSPS) is 10.5. The van der Waals surface area contributed by atoms with E-state index in [-0.39, 0.29) is 10.6 Å². The molecule has 0 bridgehead atoms. The van der Waals surface area contributed by atoms with Crippen LogP contribution < -0.4 is 15.6 Å². The summed E-state index contributed by atoms with van der Waals surface area (Å²) in [5.41, 5.74) is 1.23. The molecule has 1 aromatic heterocycles. The minimum Gasteiger partial charge on any atom is -0.494 e. The van der Waals surface area contributed by atoms with E-state index < -0.39 is 0 Å². The second-order valence-corrected chi connectivity index (χ2v) is 6.14. The highest BCUT2D eigenvalue weighted by Crippen LogP contribution is 2.15. The molecule has 5 nitrogen and oxygen atoms in total. The fourth-order valence-corrected chi connectivity index (χ4v) is 2.67. The maximum Gasteiger partial charge on any atom is 0.287 e. The number of hydrogen-bond donors (Lipinski definition) is 1. The Morgan fingerprint density at radius 3 is 2.46 bits per heavy atom. The van der Waals surface area contributed by atoms with Gasteiger partial charge in [0.05, 0.1) is 25.0 Å². The number of nitrogens with zero attached hydrogens (tertiary/aromatic N) is 2. The van der Waals surface area contributed by atoms with E-state index in [0.29, 0.717) is 25.4 Å². The summed E-state index contributed by atoms with van der Waals surface area (Å²) in [5.74, 6) is 0.843. The third-order valence-electron chi connectivity index (χ3n) is 3.81. The molecular formula is C20H20ClN3O2. The molecule has 0 saturated heterocycles. The molecule has 0 amide bonds. The fraction of sp³-hybridized carbons (Fsp3) is 0.200. The number of para-hydroxylation sites is 1. The minimum absolute atomic E-state index is 0.153. The number of halogens is 1. The van der Waals surface area contributed by atoms with E-state index in [0.717, 1.165) is 17.7 Å². The van der Waals surface area contributed by atoms with Gasteiger partial charge in [0.25, 0.3) is 5.56 Å². The largest absolute Gasteiger partial charge is 0.494 e. The number of ether oxygens (including phenoxy) is 1. The van der Waals surface area contributed by atoms with Gasteiger partial charge in [0, 0.05) is 6.54 Å². The highest BCUT2D eigenvalue weighted by atomic mass is 35.5. The van der Waals surface area contributed by atoms with E-state index in [2.05, 4.69) is 10.4 Å². The predicted molar refractivity (Wildman–Crippen MR) is 104 cm³/mol. The Morgan fingerprint density at radius 2 is 1.73 bits per heavy atom. The summed E-state index contributed by atoms with van der Waals surface area (Å²) in [5, 5.41) is 7.50. The highest BCUT2D eigenvalue weighted by Gasteiger charge is 2.09. The number of aromatic nitrogens is 2. The Kier molecular flexibility index (Phi) is 6.28. The number of benzene rings is 2. The molecule has 0 aliphatic heterocycles. The van der Waals surface area contributed by atoms with Crippen molar-refractivity contribution >= 4 is 17.3 Å². The molecule has 134 valence electrons. The van der Waals surface area contributed by atoms with E-state index in [9.17, 15) is 4.79 Å². The van der Waals surface area contributed by atoms with Gasteiger partial charge >= 0.3 is 0 Å². The molecule has 3 rings (SSSR count). The van der Waals surface area contributed by atoms with Gasteiger partial charge in [-0.15, -0.1) is 0 Å². The molecule has 0 radical (unpaired) electrons. The standard InChI is InChI=1S/C20H20ClN3O2/c21-19-18(22-12-7-13-26-17-10-5-2-6-11-17)14-23-24(20(19)25)15-16-8-3-1-4-9-16/h1-6,8-11,14,22H,7,12-13,15H2. The van der Waals surface area contributed by atoms with Crippen LogP contribution >= 0.6 is 11.6 Å². The third kappa shape index (κ3) is 4.86. The van der Waals surface area contributed by atoms with Crippen LogP contribution in [0.25, 0.3) is 0 Å². The van der Waals surface area contributed by atoms with Crippen molar-refractivity contribution in [2.45, 2.75) is 13.0 Å². The Balaban J connectivity index is 1.52. The van der Waals surface area contributed by atoms with Crippen LogP contribution in [0.4, 0.5) is 5.69 Å². The molecule has 26 heavy (non-hydrogen) atoms. The first-order chi connectivity index (χ1) is 12.7. The van der Waals surface area contributed by atoms with Gasteiger partial charge in [-0.05, 0) is 24.1 Å². The lowest BCUT2D eigenvalue weighted by molar-refractivity contribution is 0.315. The summed E-state index contributed by atoms with van der Waals surface area (Å²) in [6, 6.07) is 19.3. The summed E-state index contributed by atoms with van der Waals surface area (Å²) < 4.78 is 6.99. The van der Waals surface area contributed by atoms with Gasteiger partial charge in [0.1, 0.15) is 10.8 Å². The first kappa shape index (κ1) is 18.0. The van der Waals surface area contributed by atoms with Crippen molar-refractivity contribution in [3.8, 4) is 5.75 Å². The van der Waals surface area contributed by atoms with E-state index in [4.69, 9.17) is 16.3 Å². The van der Waals surface area contributed by atoms with Crippen LogP contribution in [0.5, 0.6) is 5.75 Å². The number of anilines is 1. The molecule has 0 saturated carbocycles. The molecular weight excluding hydrogens is 350 g/mol. The second kappa shape index (κ2) is 9.06. The van der Waals surface area contributed by atoms with Crippen LogP contribution in [0, 0.1) is 0 Å². The summed E-state index contributed by atoms with van der Waals surface area (Å²) in [6.07, 6.45) is 2.36. The van der Waals surface area contributed by atoms with Crippen molar-refractivity contribution in [1.82, 2.24) is 9.78 Å². The van der Waals surface area contributed by atoms with Crippen LogP contribution in [0.15, 0.2) is 71.7 Å². The average molecular weight is 370 g/mol. The number of rotatable bonds is 8. The van der Waals surface area contributed by atoms with Crippen molar-refractivity contribution in [2.75, 3.05) is 18.5 Å². The first-order valence-corrected chi connectivity index (χ1v) is 8.83. The summed E-state index contributed by atoms with van der Waals surface area (Å²) in [6.45, 7) is 1.61. The zero-order valence-corrected chi connectivity index (χ0v) is 15.0. The summed E-state index contributed by atoms with van der Waals surface area (Å²) in [4.78, 5) is 12.4. The predicted octanol–water partition coefficient (Wildman–Crippen LogP) is 3.83. The van der Waals surface area contributed by atoms with Gasteiger partial charge in [-0.2, -0.15) is 5.10 Å². The van der Waals surface area contributed by atoms with Crippen LogP contribution in [0.1, 0.15) is 12.0 Å². The fourth-order valence-electron chi connectivity index (χ4n) is 2.46. The summed E-state index contributed by atoms with van der Waals surface area (Å²) >= 11 is 6.21. The zero-order chi connectivity index (χ0) is 18.2. The van der Waals surface area contributed by atoms with Gasteiger partial charge in [-0.3, -0.25) is 4.79 Å². The monoisotopic (exact) mass is 369 g/mol. The molecule has 0 aliphatic carbocycles. The molecule has 3 aromatic rings. The molecule has 6 heteroatoms. The second-order valence-electron chi connectivity index (χ2n) is 5.76. The van der Waals surface area contributed by atoms with E-state index in [1.807, 2.05) is 60.7 Å². The molecule has 1 heterocycles. The minimum atomic E-state index is -0.305. The van der Waals surface area contributed by atoms with Crippen molar-refractivity contribution in [3.63, 3.8) is 0 Å². The third-order valence-corrected chi connectivity index (χ3v) is 4.17. The number of hydrogen-bond acceptors (Lipinski definition) is 4. The summed E-state index contributed by atoms with van der Waals surface area (Å²) in [7, 11) is 0. The zero-order valence-electron chi connectivity index (χ0n) is 14.3. The molecule has 0 atom stereocenters. The molecule has 0 unspecified atom stereocenters. The van der Waals surface area contributed by atoms with Crippen LogP contribution in [0.2, 0.25) is 5.02 Å². The first-order valence-electron chi connectivity index (χ1n) is 8.45. The Morgan fingerprint density at radius 1 is 1.04 bits per heavy atom. The molecule has 0 fully saturated rings. The van der Waals surface area contributed by atoms with Gasteiger partial charge in [0.2, 0.25) is 0 Å². The smallest absolute Gasteiger partial charge is 0.287 e. The molecule has 2 aromatic carbocycles.